The van der Waals surface area contributed by atoms with Crippen molar-refractivity contribution in [2.45, 2.75) is 6.54 Å². The molecule has 0 saturated heterocycles. The Kier molecular flexibility index (Phi) is 3.20. The number of likely N-dealkylation sites (N-methyl/N-ethyl adjacent to an activating group) is 1. The molecule has 0 fully saturated rings. The molecule has 7 heteroatoms. The van der Waals surface area contributed by atoms with Crippen molar-refractivity contribution in [3.8, 4) is 11.6 Å². The van der Waals surface area contributed by atoms with Crippen LogP contribution in [-0.2, 0) is 11.3 Å². The second kappa shape index (κ2) is 4.79. The van der Waals surface area contributed by atoms with Crippen molar-refractivity contribution in [1.29, 1.82) is 0 Å². The third kappa shape index (κ3) is 2.91. The summed E-state index contributed by atoms with van der Waals surface area (Å²) >= 11 is 0. The minimum Gasteiger partial charge on any atom is -0.480 e. The minimum atomic E-state index is -0.904. The van der Waals surface area contributed by atoms with Gasteiger partial charge in [-0.15, -0.1) is 0 Å². The molecule has 7 nitrogen and oxygen atoms in total. The van der Waals surface area contributed by atoms with Crippen LogP contribution in [0.15, 0.2) is 27.3 Å². The average molecular weight is 237 g/mol. The monoisotopic (exact) mass is 237 g/mol. The first kappa shape index (κ1) is 11.3. The molecule has 0 aliphatic heterocycles. The molecule has 2 aromatic heterocycles. The molecule has 0 radical (unpaired) electrons. The van der Waals surface area contributed by atoms with Gasteiger partial charge >= 0.3 is 5.97 Å². The van der Waals surface area contributed by atoms with Crippen LogP contribution in [0.2, 0.25) is 0 Å². The fraction of sp³-hybridized carbons (Fsp3) is 0.300. The fourth-order valence-corrected chi connectivity index (χ4v) is 1.34. The van der Waals surface area contributed by atoms with E-state index in [1.165, 1.54) is 6.26 Å². The van der Waals surface area contributed by atoms with E-state index in [0.717, 1.165) is 0 Å². The summed E-state index contributed by atoms with van der Waals surface area (Å²) in [5, 5.41) is 12.3. The van der Waals surface area contributed by atoms with E-state index in [-0.39, 0.29) is 13.1 Å². The third-order valence-corrected chi connectivity index (χ3v) is 2.02. The summed E-state index contributed by atoms with van der Waals surface area (Å²) in [6, 6.07) is 3.44. The zero-order chi connectivity index (χ0) is 12.3. The summed E-state index contributed by atoms with van der Waals surface area (Å²) in [5.41, 5.74) is 0. The van der Waals surface area contributed by atoms with E-state index in [0.29, 0.717) is 17.5 Å². The van der Waals surface area contributed by atoms with E-state index in [9.17, 15) is 4.79 Å². The number of aliphatic carboxylic acids is 1. The maximum atomic E-state index is 10.5. The molecule has 1 N–H and O–H groups in total. The molecule has 0 spiro atoms. The molecule has 2 rings (SSSR count). The highest BCUT2D eigenvalue weighted by molar-refractivity contribution is 5.68. The largest absolute Gasteiger partial charge is 0.480 e. The van der Waals surface area contributed by atoms with Gasteiger partial charge in [0.05, 0.1) is 19.4 Å². The van der Waals surface area contributed by atoms with Gasteiger partial charge in [0.2, 0.25) is 11.7 Å². The lowest BCUT2D eigenvalue weighted by molar-refractivity contribution is -0.138. The van der Waals surface area contributed by atoms with Crippen molar-refractivity contribution in [2.24, 2.45) is 0 Å². The molecule has 0 saturated carbocycles. The van der Waals surface area contributed by atoms with Gasteiger partial charge in [-0.3, -0.25) is 9.69 Å². The zero-order valence-corrected chi connectivity index (χ0v) is 9.16. The second-order valence-corrected chi connectivity index (χ2v) is 3.56. The van der Waals surface area contributed by atoms with Gasteiger partial charge in [0, 0.05) is 0 Å². The minimum absolute atomic E-state index is 0.0849. The fourth-order valence-electron chi connectivity index (χ4n) is 1.34. The summed E-state index contributed by atoms with van der Waals surface area (Å²) in [5.74, 6) is 0.313. The smallest absolute Gasteiger partial charge is 0.317 e. The number of hydrogen-bond acceptors (Lipinski definition) is 6. The summed E-state index contributed by atoms with van der Waals surface area (Å²) in [7, 11) is 1.66. The van der Waals surface area contributed by atoms with Crippen LogP contribution < -0.4 is 0 Å². The Balaban J connectivity index is 2.01. The average Bonchev–Trinajstić information content (AvgIpc) is 2.84. The van der Waals surface area contributed by atoms with Crippen molar-refractivity contribution in [2.75, 3.05) is 13.6 Å². The highest BCUT2D eigenvalue weighted by atomic mass is 16.5. The van der Waals surface area contributed by atoms with Crippen molar-refractivity contribution in [3.63, 3.8) is 0 Å². The molecule has 0 amide bonds. The molecule has 17 heavy (non-hydrogen) atoms. The summed E-state index contributed by atoms with van der Waals surface area (Å²) < 4.78 is 10.1. The molecular formula is C10H11N3O4. The van der Waals surface area contributed by atoms with Crippen LogP contribution in [0.3, 0.4) is 0 Å². The van der Waals surface area contributed by atoms with Gasteiger partial charge in [-0.2, -0.15) is 4.98 Å². The summed E-state index contributed by atoms with van der Waals surface area (Å²) in [4.78, 5) is 16.1. The van der Waals surface area contributed by atoms with Crippen LogP contribution in [0, 0.1) is 0 Å². The van der Waals surface area contributed by atoms with Crippen LogP contribution in [0.25, 0.3) is 11.6 Å². The van der Waals surface area contributed by atoms with Crippen LogP contribution >= 0.6 is 0 Å². The van der Waals surface area contributed by atoms with Crippen LogP contribution in [-0.4, -0.2) is 39.7 Å². The van der Waals surface area contributed by atoms with Gasteiger partial charge in [0.25, 0.3) is 0 Å². The first-order valence-corrected chi connectivity index (χ1v) is 4.92. The lowest BCUT2D eigenvalue weighted by atomic mass is 10.4. The molecule has 0 aromatic carbocycles. The standard InChI is InChI=1S/C10H11N3O4/c1-13(6-9(14)15)5-8-11-10(12-17-8)7-3-2-4-16-7/h2-4H,5-6H2,1H3,(H,14,15). The Hall–Kier alpha value is -2.15. The predicted molar refractivity (Wildman–Crippen MR) is 56.0 cm³/mol. The highest BCUT2D eigenvalue weighted by Crippen LogP contribution is 2.15. The second-order valence-electron chi connectivity index (χ2n) is 3.56. The molecular weight excluding hydrogens is 226 g/mol. The number of rotatable bonds is 5. The van der Waals surface area contributed by atoms with Gasteiger partial charge in [-0.25, -0.2) is 0 Å². The van der Waals surface area contributed by atoms with Gasteiger partial charge in [-0.05, 0) is 19.2 Å². The van der Waals surface area contributed by atoms with Crippen LogP contribution in [0.4, 0.5) is 0 Å². The van der Waals surface area contributed by atoms with Gasteiger partial charge in [-0.1, -0.05) is 5.16 Å². The summed E-state index contributed by atoms with van der Waals surface area (Å²) in [6.07, 6.45) is 1.52. The van der Waals surface area contributed by atoms with E-state index >= 15 is 0 Å². The van der Waals surface area contributed by atoms with Gasteiger partial charge in [0.1, 0.15) is 0 Å². The molecule has 0 aliphatic carbocycles. The maximum Gasteiger partial charge on any atom is 0.317 e. The van der Waals surface area contributed by atoms with E-state index in [4.69, 9.17) is 14.0 Å². The predicted octanol–water partition coefficient (Wildman–Crippen LogP) is 0.846. The molecule has 0 unspecified atom stereocenters. The lowest BCUT2D eigenvalue weighted by Crippen LogP contribution is -2.25. The van der Waals surface area contributed by atoms with Crippen molar-refractivity contribution in [3.05, 3.63) is 24.3 Å². The number of carbonyl (C=O) groups is 1. The molecule has 0 bridgehead atoms. The SMILES string of the molecule is CN(CC(=O)O)Cc1nc(-c2ccco2)no1. The maximum absolute atomic E-state index is 10.5. The normalized spacial score (nSPS) is 10.9. The van der Waals surface area contributed by atoms with Crippen molar-refractivity contribution >= 4 is 5.97 Å². The Morgan fingerprint density at radius 2 is 2.41 bits per heavy atom. The Bertz CT molecular complexity index is 491. The molecule has 0 aliphatic rings. The van der Waals surface area contributed by atoms with E-state index in [1.807, 2.05) is 0 Å². The third-order valence-electron chi connectivity index (χ3n) is 2.02. The van der Waals surface area contributed by atoms with Crippen LogP contribution in [0.1, 0.15) is 5.89 Å². The molecule has 2 heterocycles. The molecule has 2 aromatic rings. The van der Waals surface area contributed by atoms with Crippen molar-refractivity contribution in [1.82, 2.24) is 15.0 Å². The van der Waals surface area contributed by atoms with E-state index in [2.05, 4.69) is 10.1 Å². The number of furan rings is 1. The first-order chi connectivity index (χ1) is 8.15. The van der Waals surface area contributed by atoms with Crippen LogP contribution in [0.5, 0.6) is 0 Å². The lowest BCUT2D eigenvalue weighted by Gasteiger charge is -2.09. The van der Waals surface area contributed by atoms with E-state index < -0.39 is 5.97 Å². The summed E-state index contributed by atoms with van der Waals surface area (Å²) in [6.45, 7) is 0.193. The molecule has 90 valence electrons. The number of hydrogen-bond donors (Lipinski definition) is 1. The number of nitrogens with zero attached hydrogens (tertiary/aromatic N) is 3. The molecule has 0 atom stereocenters. The van der Waals surface area contributed by atoms with Crippen molar-refractivity contribution < 1.29 is 18.8 Å². The number of carboxylic acids is 1. The Morgan fingerprint density at radius 3 is 3.06 bits per heavy atom. The Labute approximate surface area is 96.6 Å². The van der Waals surface area contributed by atoms with E-state index in [1.54, 1.807) is 24.1 Å². The number of aromatic nitrogens is 2. The quantitative estimate of drug-likeness (QED) is 0.823. The highest BCUT2D eigenvalue weighted by Gasteiger charge is 2.13. The van der Waals surface area contributed by atoms with Gasteiger partial charge in [0.15, 0.2) is 5.76 Å². The van der Waals surface area contributed by atoms with Gasteiger partial charge < -0.3 is 14.0 Å². The Morgan fingerprint density at radius 1 is 1.59 bits per heavy atom. The zero-order valence-electron chi connectivity index (χ0n) is 9.16. The number of carboxylic acid groups (broad SMARTS) is 1. The topological polar surface area (TPSA) is 92.6 Å². The first-order valence-electron chi connectivity index (χ1n) is 4.92.